The molecule has 1 heterocycles. The van der Waals surface area contributed by atoms with Crippen LogP contribution in [0.15, 0.2) is 48.5 Å². The first kappa shape index (κ1) is 19.2. The maximum Gasteiger partial charge on any atom is 0.250 e. The van der Waals surface area contributed by atoms with Gasteiger partial charge in [0.2, 0.25) is 0 Å². The molecular weight excluding hydrogens is 338 g/mol. The van der Waals surface area contributed by atoms with Crippen LogP contribution >= 0.6 is 0 Å². The molecule has 2 aromatic carbocycles. The molecule has 2 aromatic rings. The van der Waals surface area contributed by atoms with Crippen LogP contribution in [0, 0.1) is 0 Å². The van der Waals surface area contributed by atoms with Crippen molar-refractivity contribution >= 4 is 17.3 Å². The van der Waals surface area contributed by atoms with E-state index in [1.807, 2.05) is 6.07 Å². The fourth-order valence-corrected chi connectivity index (χ4v) is 3.56. The van der Waals surface area contributed by atoms with E-state index in [9.17, 15) is 4.79 Å². The van der Waals surface area contributed by atoms with Crippen molar-refractivity contribution in [1.29, 1.82) is 0 Å². The number of hydrogen-bond acceptors (Lipinski definition) is 5. The van der Waals surface area contributed by atoms with Gasteiger partial charge in [0.15, 0.2) is 0 Å². The maximum atomic E-state index is 11.6. The van der Waals surface area contributed by atoms with Crippen LogP contribution in [0.5, 0.6) is 0 Å². The zero-order valence-corrected chi connectivity index (χ0v) is 15.9. The van der Waals surface area contributed by atoms with Crippen molar-refractivity contribution < 1.29 is 4.79 Å². The number of carbonyl (C=O) groups is 1. The molecule has 5 N–H and O–H groups in total. The van der Waals surface area contributed by atoms with E-state index in [0.29, 0.717) is 11.3 Å². The van der Waals surface area contributed by atoms with Crippen molar-refractivity contribution in [2.75, 3.05) is 43.8 Å². The SMILES string of the molecule is CC(CN1CCN(Cc2ccccc2)CC1)Nc1ccc(N)cc1C(N)=O. The van der Waals surface area contributed by atoms with Crippen LogP contribution in [-0.2, 0) is 6.54 Å². The molecule has 1 saturated heterocycles. The fraction of sp³-hybridized carbons (Fsp3) is 0.381. The number of hydrogen-bond donors (Lipinski definition) is 3. The molecule has 0 bridgehead atoms. The van der Waals surface area contributed by atoms with Gasteiger partial charge in [0, 0.05) is 56.7 Å². The second-order valence-corrected chi connectivity index (χ2v) is 7.28. The largest absolute Gasteiger partial charge is 0.399 e. The number of piperazine rings is 1. The van der Waals surface area contributed by atoms with Gasteiger partial charge in [0.1, 0.15) is 0 Å². The maximum absolute atomic E-state index is 11.6. The Hall–Kier alpha value is -2.57. The molecule has 1 unspecified atom stereocenters. The lowest BCUT2D eigenvalue weighted by atomic mass is 10.1. The summed E-state index contributed by atoms with van der Waals surface area (Å²) >= 11 is 0. The molecular formula is C21H29N5O. The molecule has 3 rings (SSSR count). The fourth-order valence-electron chi connectivity index (χ4n) is 3.56. The van der Waals surface area contributed by atoms with Gasteiger partial charge in [-0.15, -0.1) is 0 Å². The zero-order valence-electron chi connectivity index (χ0n) is 15.9. The Morgan fingerprint density at radius 2 is 1.74 bits per heavy atom. The van der Waals surface area contributed by atoms with Gasteiger partial charge >= 0.3 is 0 Å². The second-order valence-electron chi connectivity index (χ2n) is 7.28. The molecule has 27 heavy (non-hydrogen) atoms. The summed E-state index contributed by atoms with van der Waals surface area (Å²) in [4.78, 5) is 16.6. The minimum Gasteiger partial charge on any atom is -0.399 e. The number of primary amides is 1. The molecule has 1 aliphatic heterocycles. The number of nitrogens with one attached hydrogen (secondary N) is 1. The van der Waals surface area contributed by atoms with Gasteiger partial charge in [-0.05, 0) is 30.7 Å². The van der Waals surface area contributed by atoms with Gasteiger partial charge < -0.3 is 16.8 Å². The quantitative estimate of drug-likeness (QED) is 0.652. The zero-order chi connectivity index (χ0) is 19.2. The van der Waals surface area contributed by atoms with E-state index >= 15 is 0 Å². The monoisotopic (exact) mass is 367 g/mol. The normalized spacial score (nSPS) is 16.8. The van der Waals surface area contributed by atoms with Crippen LogP contribution in [-0.4, -0.2) is 54.5 Å². The summed E-state index contributed by atoms with van der Waals surface area (Å²) < 4.78 is 0. The van der Waals surface area contributed by atoms with E-state index in [1.165, 1.54) is 5.56 Å². The summed E-state index contributed by atoms with van der Waals surface area (Å²) in [5, 5.41) is 3.41. The highest BCUT2D eigenvalue weighted by molar-refractivity contribution is 5.99. The van der Waals surface area contributed by atoms with Gasteiger partial charge in [-0.25, -0.2) is 0 Å². The number of carbonyl (C=O) groups excluding carboxylic acids is 1. The van der Waals surface area contributed by atoms with Crippen LogP contribution < -0.4 is 16.8 Å². The van der Waals surface area contributed by atoms with Crippen LogP contribution in [0.4, 0.5) is 11.4 Å². The Balaban J connectivity index is 1.48. The lowest BCUT2D eigenvalue weighted by molar-refractivity contribution is 0.100. The van der Waals surface area contributed by atoms with Gasteiger partial charge in [0.25, 0.3) is 5.91 Å². The Bertz CT molecular complexity index is 756. The second kappa shape index (κ2) is 8.88. The van der Waals surface area contributed by atoms with Crippen molar-refractivity contribution in [3.8, 4) is 0 Å². The molecule has 0 aromatic heterocycles. The molecule has 1 fully saturated rings. The first-order valence-electron chi connectivity index (χ1n) is 9.46. The minimum atomic E-state index is -0.466. The third-order valence-corrected chi connectivity index (χ3v) is 4.96. The highest BCUT2D eigenvalue weighted by Crippen LogP contribution is 2.20. The molecule has 144 valence electrons. The number of amides is 1. The van der Waals surface area contributed by atoms with Crippen molar-refractivity contribution in [2.45, 2.75) is 19.5 Å². The lowest BCUT2D eigenvalue weighted by Gasteiger charge is -2.36. The van der Waals surface area contributed by atoms with E-state index in [4.69, 9.17) is 11.5 Å². The van der Waals surface area contributed by atoms with Crippen molar-refractivity contribution in [3.05, 3.63) is 59.7 Å². The molecule has 1 atom stereocenters. The molecule has 6 heteroatoms. The Morgan fingerprint density at radius 1 is 1.07 bits per heavy atom. The van der Waals surface area contributed by atoms with E-state index in [-0.39, 0.29) is 6.04 Å². The third-order valence-electron chi connectivity index (χ3n) is 4.96. The smallest absolute Gasteiger partial charge is 0.250 e. The van der Waals surface area contributed by atoms with Crippen molar-refractivity contribution in [1.82, 2.24) is 9.80 Å². The molecule has 6 nitrogen and oxygen atoms in total. The van der Waals surface area contributed by atoms with Gasteiger partial charge in [-0.2, -0.15) is 0 Å². The molecule has 1 amide bonds. The summed E-state index contributed by atoms with van der Waals surface area (Å²) in [5.41, 5.74) is 14.3. The Labute approximate surface area is 161 Å². The molecule has 0 radical (unpaired) electrons. The number of anilines is 2. The number of rotatable bonds is 7. The van der Waals surface area contributed by atoms with Crippen LogP contribution in [0.3, 0.4) is 0 Å². The summed E-state index contributed by atoms with van der Waals surface area (Å²) in [6, 6.07) is 16.0. The molecule has 1 aliphatic rings. The average Bonchev–Trinajstić information content (AvgIpc) is 2.65. The highest BCUT2D eigenvalue weighted by Gasteiger charge is 2.19. The topological polar surface area (TPSA) is 87.6 Å². The standard InChI is InChI=1S/C21H29N5O/c1-16(24-20-8-7-18(22)13-19(20)21(23)27)14-25-9-11-26(12-10-25)15-17-5-3-2-4-6-17/h2-8,13,16,24H,9-12,14-15,22H2,1H3,(H2,23,27). The van der Waals surface area contributed by atoms with E-state index < -0.39 is 5.91 Å². The first-order valence-corrected chi connectivity index (χ1v) is 9.46. The lowest BCUT2D eigenvalue weighted by Crippen LogP contribution is -2.48. The summed E-state index contributed by atoms with van der Waals surface area (Å²) in [7, 11) is 0. The first-order chi connectivity index (χ1) is 13.0. The Morgan fingerprint density at radius 3 is 2.41 bits per heavy atom. The van der Waals surface area contributed by atoms with E-state index in [1.54, 1.807) is 12.1 Å². The van der Waals surface area contributed by atoms with Crippen LogP contribution in [0.2, 0.25) is 0 Å². The average molecular weight is 367 g/mol. The number of nitrogen functional groups attached to an aromatic ring is 1. The summed E-state index contributed by atoms with van der Waals surface area (Å²) in [6.45, 7) is 8.27. The minimum absolute atomic E-state index is 0.201. The number of nitrogens with two attached hydrogens (primary N) is 2. The predicted octanol–water partition coefficient (Wildman–Crippen LogP) is 1.99. The predicted molar refractivity (Wildman–Crippen MR) is 111 cm³/mol. The van der Waals surface area contributed by atoms with E-state index in [2.05, 4.69) is 52.4 Å². The number of benzene rings is 2. The highest BCUT2D eigenvalue weighted by atomic mass is 16.1. The Kier molecular flexibility index (Phi) is 6.32. The van der Waals surface area contributed by atoms with Gasteiger partial charge in [-0.3, -0.25) is 14.6 Å². The van der Waals surface area contributed by atoms with Crippen LogP contribution in [0.25, 0.3) is 0 Å². The van der Waals surface area contributed by atoms with Crippen molar-refractivity contribution in [2.24, 2.45) is 5.73 Å². The molecule has 0 spiro atoms. The van der Waals surface area contributed by atoms with Gasteiger partial charge in [-0.1, -0.05) is 30.3 Å². The third kappa shape index (κ3) is 5.45. The summed E-state index contributed by atoms with van der Waals surface area (Å²) in [6.07, 6.45) is 0. The van der Waals surface area contributed by atoms with Gasteiger partial charge in [0.05, 0.1) is 5.56 Å². The van der Waals surface area contributed by atoms with Crippen LogP contribution in [0.1, 0.15) is 22.8 Å². The van der Waals surface area contributed by atoms with E-state index in [0.717, 1.165) is 45.0 Å². The molecule has 0 saturated carbocycles. The molecule has 0 aliphatic carbocycles. The number of nitrogens with zero attached hydrogens (tertiary/aromatic N) is 2. The van der Waals surface area contributed by atoms with Crippen molar-refractivity contribution in [3.63, 3.8) is 0 Å². The summed E-state index contributed by atoms with van der Waals surface area (Å²) in [5.74, 6) is -0.466.